The smallest absolute Gasteiger partial charge is 0.233 e. The number of nitrogens with one attached hydrogen (secondary N) is 2. The van der Waals surface area contributed by atoms with Crippen LogP contribution >= 0.6 is 0 Å². The van der Waals surface area contributed by atoms with Crippen LogP contribution in [0.3, 0.4) is 0 Å². The Labute approximate surface area is 207 Å². The number of anilines is 5. The molecular formula is C23H27F2N7O3S. The summed E-state index contributed by atoms with van der Waals surface area (Å²) in [5.41, 5.74) is 1.35. The maximum Gasteiger partial charge on any atom is 0.233 e. The molecule has 192 valence electrons. The molecule has 0 radical (unpaired) electrons. The summed E-state index contributed by atoms with van der Waals surface area (Å²) in [6, 6.07) is 3.44. The zero-order chi connectivity index (χ0) is 25.6. The topological polar surface area (TPSA) is 116 Å². The molecule has 2 aromatic heterocycles. The molecule has 0 spiro atoms. The van der Waals surface area contributed by atoms with Crippen LogP contribution in [0.15, 0.2) is 23.1 Å². The molecule has 0 amide bonds. The van der Waals surface area contributed by atoms with Crippen molar-refractivity contribution in [3.05, 3.63) is 41.1 Å². The number of rotatable bonds is 7. The van der Waals surface area contributed by atoms with Gasteiger partial charge in [0, 0.05) is 43.7 Å². The van der Waals surface area contributed by atoms with Crippen LogP contribution in [0.1, 0.15) is 30.0 Å². The summed E-state index contributed by atoms with van der Waals surface area (Å²) in [6.07, 6.45) is 2.87. The summed E-state index contributed by atoms with van der Waals surface area (Å²) < 4.78 is 59.3. The Morgan fingerprint density at radius 3 is 2.36 bits per heavy atom. The van der Waals surface area contributed by atoms with Gasteiger partial charge in [0.2, 0.25) is 5.95 Å². The van der Waals surface area contributed by atoms with Crippen molar-refractivity contribution in [2.45, 2.75) is 30.6 Å². The average Bonchev–Trinajstić information content (AvgIpc) is 3.59. The maximum atomic E-state index is 15.0. The monoisotopic (exact) mass is 519 g/mol. The van der Waals surface area contributed by atoms with Crippen molar-refractivity contribution < 1.29 is 21.9 Å². The summed E-state index contributed by atoms with van der Waals surface area (Å²) in [5, 5.41) is 10.4. The lowest BCUT2D eigenvalue weighted by molar-refractivity contribution is 0.122. The summed E-state index contributed by atoms with van der Waals surface area (Å²) in [4.78, 5) is 12.3. The predicted molar refractivity (Wildman–Crippen MR) is 131 cm³/mol. The van der Waals surface area contributed by atoms with Gasteiger partial charge in [0.05, 0.1) is 18.1 Å². The van der Waals surface area contributed by atoms with Crippen LogP contribution in [0.5, 0.6) is 0 Å². The molecule has 2 aliphatic rings. The highest BCUT2D eigenvalue weighted by atomic mass is 32.2. The van der Waals surface area contributed by atoms with Gasteiger partial charge in [0.15, 0.2) is 27.3 Å². The van der Waals surface area contributed by atoms with Crippen LogP contribution in [0.25, 0.3) is 0 Å². The second kappa shape index (κ2) is 9.28. The molecule has 13 heteroatoms. The van der Waals surface area contributed by atoms with Crippen LogP contribution in [0.2, 0.25) is 0 Å². The van der Waals surface area contributed by atoms with E-state index in [2.05, 4.69) is 25.4 Å². The molecule has 0 atom stereocenters. The van der Waals surface area contributed by atoms with Crippen molar-refractivity contribution in [2.24, 2.45) is 0 Å². The third-order valence-corrected chi connectivity index (χ3v) is 7.31. The van der Waals surface area contributed by atoms with E-state index in [1.165, 1.54) is 11.9 Å². The van der Waals surface area contributed by atoms with Gasteiger partial charge in [-0.15, -0.1) is 0 Å². The lowest BCUT2D eigenvalue weighted by atomic mass is 10.1. The minimum atomic E-state index is -3.79. The molecule has 0 unspecified atom stereocenters. The number of H-pyrrole nitrogens is 1. The Morgan fingerprint density at radius 1 is 1.14 bits per heavy atom. The normalized spacial score (nSPS) is 16.3. The highest BCUT2D eigenvalue weighted by molar-refractivity contribution is 7.90. The third-order valence-electron chi connectivity index (χ3n) is 6.22. The van der Waals surface area contributed by atoms with Gasteiger partial charge in [-0.2, -0.15) is 15.1 Å². The number of aryl methyl sites for hydroxylation is 1. The lowest BCUT2D eigenvalue weighted by Gasteiger charge is -2.31. The predicted octanol–water partition coefficient (Wildman–Crippen LogP) is 3.42. The standard InChI is InChI=1S/C23H27F2N7O3S/c1-13-10-18(30-29-13)26-21-19(14-4-5-14)22(32-6-8-35-9-7-32)28-23(27-21)31(2)20-16(24)11-15(12-17(20)25)36(3,33)34/h10-12,14H,4-9H2,1-3H3,(H2,26,27,28,29,30). The molecule has 1 aromatic carbocycles. The Bertz CT molecular complexity index is 1380. The molecule has 36 heavy (non-hydrogen) atoms. The third kappa shape index (κ3) is 4.85. The van der Waals surface area contributed by atoms with Crippen LogP contribution < -0.4 is 15.1 Å². The number of nitrogens with zero attached hydrogens (tertiary/aromatic N) is 5. The largest absolute Gasteiger partial charge is 0.378 e. The fourth-order valence-electron chi connectivity index (χ4n) is 4.24. The molecule has 3 heterocycles. The van der Waals surface area contributed by atoms with Gasteiger partial charge in [0.25, 0.3) is 0 Å². The van der Waals surface area contributed by atoms with E-state index in [4.69, 9.17) is 9.72 Å². The second-order valence-electron chi connectivity index (χ2n) is 9.11. The maximum absolute atomic E-state index is 15.0. The number of aromatic amines is 1. The number of hydrogen-bond acceptors (Lipinski definition) is 9. The number of hydrogen-bond donors (Lipinski definition) is 2. The van der Waals surface area contributed by atoms with Gasteiger partial charge in [0.1, 0.15) is 17.3 Å². The summed E-state index contributed by atoms with van der Waals surface area (Å²) in [5.74, 6) is 0.00510. The Kier molecular flexibility index (Phi) is 6.29. The molecule has 1 saturated heterocycles. The molecule has 10 nitrogen and oxygen atoms in total. The molecule has 1 saturated carbocycles. The highest BCUT2D eigenvalue weighted by Gasteiger charge is 2.34. The molecule has 3 aromatic rings. The van der Waals surface area contributed by atoms with E-state index in [1.807, 2.05) is 13.0 Å². The van der Waals surface area contributed by atoms with Gasteiger partial charge < -0.3 is 19.9 Å². The van der Waals surface area contributed by atoms with E-state index in [9.17, 15) is 8.42 Å². The van der Waals surface area contributed by atoms with E-state index < -0.39 is 32.1 Å². The fourth-order valence-corrected chi connectivity index (χ4v) is 4.87. The van der Waals surface area contributed by atoms with Gasteiger partial charge in [-0.05, 0) is 37.8 Å². The average molecular weight is 520 g/mol. The van der Waals surface area contributed by atoms with Crippen LogP contribution in [-0.2, 0) is 14.6 Å². The molecule has 0 bridgehead atoms. The molecule has 5 rings (SSSR count). The van der Waals surface area contributed by atoms with E-state index in [1.54, 1.807) is 0 Å². The van der Waals surface area contributed by atoms with Crippen molar-refractivity contribution in [3.8, 4) is 0 Å². The molecule has 2 fully saturated rings. The van der Waals surface area contributed by atoms with Gasteiger partial charge >= 0.3 is 0 Å². The molecule has 1 aliphatic heterocycles. The first-order valence-electron chi connectivity index (χ1n) is 11.6. The summed E-state index contributed by atoms with van der Waals surface area (Å²) >= 11 is 0. The zero-order valence-corrected chi connectivity index (χ0v) is 21.0. The number of ether oxygens (including phenoxy) is 1. The number of benzene rings is 1. The minimum Gasteiger partial charge on any atom is -0.378 e. The van der Waals surface area contributed by atoms with Gasteiger partial charge in [-0.25, -0.2) is 17.2 Å². The van der Waals surface area contributed by atoms with Crippen LogP contribution in [-0.4, -0.2) is 68.2 Å². The minimum absolute atomic E-state index is 0.0561. The molecule has 2 N–H and O–H groups in total. The Morgan fingerprint density at radius 2 is 1.81 bits per heavy atom. The van der Waals surface area contributed by atoms with Crippen LogP contribution in [0, 0.1) is 18.6 Å². The number of sulfone groups is 1. The van der Waals surface area contributed by atoms with Gasteiger partial charge in [-0.3, -0.25) is 5.10 Å². The Hall–Kier alpha value is -3.32. The summed E-state index contributed by atoms with van der Waals surface area (Å²) in [7, 11) is -2.35. The van der Waals surface area contributed by atoms with E-state index in [-0.39, 0.29) is 11.9 Å². The number of morpholine rings is 1. The van der Waals surface area contributed by atoms with Crippen molar-refractivity contribution in [2.75, 3.05) is 54.7 Å². The first-order chi connectivity index (χ1) is 17.1. The quantitative estimate of drug-likeness (QED) is 0.484. The van der Waals surface area contributed by atoms with Crippen molar-refractivity contribution in [3.63, 3.8) is 0 Å². The Balaban J connectivity index is 1.63. The first-order valence-corrected chi connectivity index (χ1v) is 13.5. The van der Waals surface area contributed by atoms with E-state index in [0.29, 0.717) is 43.8 Å². The second-order valence-corrected chi connectivity index (χ2v) is 11.1. The van der Waals surface area contributed by atoms with Crippen molar-refractivity contribution in [1.29, 1.82) is 0 Å². The number of halogens is 2. The zero-order valence-electron chi connectivity index (χ0n) is 20.2. The molecular weight excluding hydrogens is 492 g/mol. The van der Waals surface area contributed by atoms with E-state index in [0.717, 1.165) is 42.5 Å². The van der Waals surface area contributed by atoms with Crippen molar-refractivity contribution in [1.82, 2.24) is 20.2 Å². The van der Waals surface area contributed by atoms with Gasteiger partial charge in [-0.1, -0.05) is 0 Å². The number of aromatic nitrogens is 4. The lowest BCUT2D eigenvalue weighted by Crippen LogP contribution is -2.38. The van der Waals surface area contributed by atoms with Crippen molar-refractivity contribution >= 4 is 38.9 Å². The first kappa shape index (κ1) is 24.4. The van der Waals surface area contributed by atoms with Crippen LogP contribution in [0.4, 0.5) is 37.9 Å². The van der Waals surface area contributed by atoms with E-state index >= 15 is 8.78 Å². The highest BCUT2D eigenvalue weighted by Crippen LogP contribution is 2.48. The fraction of sp³-hybridized carbons (Fsp3) is 0.435. The summed E-state index contributed by atoms with van der Waals surface area (Å²) in [6.45, 7) is 4.19. The SMILES string of the molecule is Cc1cc(Nc2nc(N(C)c3c(F)cc(S(C)(=O)=O)cc3F)nc(N3CCOCC3)c2C2CC2)n[nH]1. The molecule has 1 aliphatic carbocycles.